The SMILES string of the molecule is CCOC1(c2cccc(OC)c2)OCc2c1[n+](=O)c1ccccc1n2[O-]. The first-order valence-corrected chi connectivity index (χ1v) is 8.32. The Labute approximate surface area is 149 Å². The van der Waals surface area contributed by atoms with Crippen LogP contribution in [-0.2, 0) is 21.9 Å². The highest BCUT2D eigenvalue weighted by atomic mass is 16.7. The molecule has 7 nitrogen and oxygen atoms in total. The topological polar surface area (TPSA) is 78.7 Å². The van der Waals surface area contributed by atoms with Crippen LogP contribution in [0.3, 0.4) is 0 Å². The quantitative estimate of drug-likeness (QED) is 0.673. The summed E-state index contributed by atoms with van der Waals surface area (Å²) in [4.78, 5) is 13.2. The van der Waals surface area contributed by atoms with Crippen molar-refractivity contribution in [3.63, 3.8) is 0 Å². The number of benzene rings is 2. The van der Waals surface area contributed by atoms with Gasteiger partial charge in [-0.25, -0.2) is 0 Å². The molecule has 1 aromatic heterocycles. The monoisotopic (exact) mass is 354 g/mol. The number of para-hydroxylation sites is 2. The van der Waals surface area contributed by atoms with Gasteiger partial charge in [0.1, 0.15) is 17.0 Å². The summed E-state index contributed by atoms with van der Waals surface area (Å²) in [7, 11) is 1.56. The highest BCUT2D eigenvalue weighted by molar-refractivity contribution is 5.72. The van der Waals surface area contributed by atoms with Crippen LogP contribution in [0.5, 0.6) is 5.75 Å². The van der Waals surface area contributed by atoms with Crippen molar-refractivity contribution >= 4 is 11.0 Å². The number of nitrogens with zero attached hydrogens (tertiary/aromatic N) is 2. The van der Waals surface area contributed by atoms with Gasteiger partial charge < -0.3 is 24.1 Å². The maximum atomic E-state index is 13.2. The summed E-state index contributed by atoms with van der Waals surface area (Å²) in [5, 5.41) is 12.8. The normalized spacial score (nSPS) is 18.8. The molecular formula is C19H18N2O5. The second-order valence-electron chi connectivity index (χ2n) is 5.94. The van der Waals surface area contributed by atoms with Crippen LogP contribution < -0.4 is 9.16 Å². The minimum Gasteiger partial charge on any atom is -0.805 e. The Balaban J connectivity index is 2.06. The lowest BCUT2D eigenvalue weighted by atomic mass is 10.0. The largest absolute Gasteiger partial charge is 0.805 e. The average Bonchev–Trinajstić information content (AvgIpc) is 3.07. The molecule has 7 heteroatoms. The Morgan fingerprint density at radius 1 is 1.27 bits per heavy atom. The van der Waals surface area contributed by atoms with Crippen molar-refractivity contribution in [1.29, 1.82) is 0 Å². The van der Waals surface area contributed by atoms with Crippen molar-refractivity contribution < 1.29 is 18.6 Å². The number of rotatable bonds is 4. The van der Waals surface area contributed by atoms with Crippen LogP contribution in [0, 0.1) is 10.1 Å². The highest BCUT2D eigenvalue weighted by Crippen LogP contribution is 2.42. The van der Waals surface area contributed by atoms with E-state index in [4.69, 9.17) is 14.2 Å². The standard InChI is InChI=1S/C19H18N2O5/c1-3-25-19(13-7-6-8-14(11-13)24-2)18-17(12-26-19)20(22)15-9-4-5-10-16(15)21(18)23/h4-11H,3,12H2,1-2H3. The molecule has 1 aliphatic heterocycles. The van der Waals surface area contributed by atoms with Crippen LogP contribution in [0.4, 0.5) is 0 Å². The fraction of sp³-hybridized carbons (Fsp3) is 0.263. The van der Waals surface area contributed by atoms with Crippen molar-refractivity contribution in [3.05, 3.63) is 75.6 Å². The number of methoxy groups -OCH3 is 1. The molecule has 0 saturated heterocycles. The van der Waals surface area contributed by atoms with E-state index in [1.165, 1.54) is 0 Å². The third kappa shape index (κ3) is 2.21. The fourth-order valence-electron chi connectivity index (χ4n) is 3.42. The summed E-state index contributed by atoms with van der Waals surface area (Å²) < 4.78 is 18.7. The van der Waals surface area contributed by atoms with Crippen LogP contribution in [0.25, 0.3) is 11.0 Å². The van der Waals surface area contributed by atoms with Gasteiger partial charge in [0.25, 0.3) is 11.3 Å². The number of hydrogen-bond donors (Lipinski definition) is 0. The molecule has 0 radical (unpaired) electrons. The first-order chi connectivity index (χ1) is 12.6. The van der Waals surface area contributed by atoms with Gasteiger partial charge in [0.05, 0.1) is 18.1 Å². The third-order valence-electron chi connectivity index (χ3n) is 4.56. The molecule has 0 saturated carbocycles. The molecule has 3 aromatic rings. The van der Waals surface area contributed by atoms with Crippen LogP contribution in [0.15, 0.2) is 48.5 Å². The van der Waals surface area contributed by atoms with Crippen molar-refractivity contribution in [1.82, 2.24) is 4.73 Å². The number of aromatic nitrogens is 2. The lowest BCUT2D eigenvalue weighted by molar-refractivity contribution is -0.496. The minimum atomic E-state index is -1.46. The molecule has 0 N–H and O–H groups in total. The third-order valence-corrected chi connectivity index (χ3v) is 4.56. The zero-order chi connectivity index (χ0) is 18.3. The van der Waals surface area contributed by atoms with Crippen LogP contribution in [0.2, 0.25) is 0 Å². The molecule has 2 heterocycles. The molecule has 0 amide bonds. The van der Waals surface area contributed by atoms with Crippen molar-refractivity contribution in [2.45, 2.75) is 19.3 Å². The summed E-state index contributed by atoms with van der Waals surface area (Å²) in [5.74, 6) is -0.858. The molecule has 1 unspecified atom stereocenters. The lowest BCUT2D eigenvalue weighted by Gasteiger charge is -2.25. The molecule has 0 aliphatic carbocycles. The Morgan fingerprint density at radius 3 is 2.85 bits per heavy atom. The first kappa shape index (κ1) is 16.6. The summed E-state index contributed by atoms with van der Waals surface area (Å²) >= 11 is 0. The van der Waals surface area contributed by atoms with Gasteiger partial charge in [0, 0.05) is 23.1 Å². The number of fused-ring (bicyclic) bond motifs is 2. The Kier molecular flexibility index (Phi) is 3.90. The first-order valence-electron chi connectivity index (χ1n) is 8.32. The van der Waals surface area contributed by atoms with Gasteiger partial charge in [-0.1, -0.05) is 24.3 Å². The van der Waals surface area contributed by atoms with Gasteiger partial charge in [-0.3, -0.25) is 0 Å². The Hall–Kier alpha value is -2.90. The highest BCUT2D eigenvalue weighted by Gasteiger charge is 2.53. The predicted molar refractivity (Wildman–Crippen MR) is 94.3 cm³/mol. The molecule has 0 bridgehead atoms. The molecule has 2 aromatic carbocycles. The molecule has 26 heavy (non-hydrogen) atoms. The summed E-state index contributed by atoms with van der Waals surface area (Å²) in [6.07, 6.45) is 0. The van der Waals surface area contributed by atoms with Crippen LogP contribution in [-0.4, -0.2) is 18.4 Å². The molecule has 1 aliphatic rings. The van der Waals surface area contributed by atoms with E-state index in [0.29, 0.717) is 23.4 Å². The lowest BCUT2D eigenvalue weighted by Crippen LogP contribution is -2.40. The van der Waals surface area contributed by atoms with Crippen molar-refractivity contribution in [3.8, 4) is 5.75 Å². The maximum absolute atomic E-state index is 13.2. The van der Waals surface area contributed by atoms with E-state index in [0.717, 1.165) is 9.16 Å². The van der Waals surface area contributed by atoms with E-state index in [9.17, 15) is 10.1 Å². The molecular weight excluding hydrogens is 336 g/mol. The Bertz CT molecular complexity index is 1050. The van der Waals surface area contributed by atoms with E-state index < -0.39 is 5.79 Å². The second-order valence-corrected chi connectivity index (χ2v) is 5.94. The summed E-state index contributed by atoms with van der Waals surface area (Å²) in [6, 6.07) is 13.8. The summed E-state index contributed by atoms with van der Waals surface area (Å²) in [5.41, 5.74) is 1.55. The molecule has 1 atom stereocenters. The molecule has 0 fully saturated rings. The number of ether oxygens (including phenoxy) is 3. The van der Waals surface area contributed by atoms with Gasteiger partial charge in [-0.05, 0) is 25.1 Å². The van der Waals surface area contributed by atoms with Gasteiger partial charge in [0.15, 0.2) is 0 Å². The molecule has 4 rings (SSSR count). The van der Waals surface area contributed by atoms with Gasteiger partial charge in [0.2, 0.25) is 0 Å². The average molecular weight is 354 g/mol. The zero-order valence-corrected chi connectivity index (χ0v) is 14.5. The van der Waals surface area contributed by atoms with Gasteiger partial charge in [-0.2, -0.15) is 0 Å². The van der Waals surface area contributed by atoms with E-state index in [1.54, 1.807) is 55.6 Å². The summed E-state index contributed by atoms with van der Waals surface area (Å²) in [6.45, 7) is 2.08. The van der Waals surface area contributed by atoms with Crippen LogP contribution in [0.1, 0.15) is 23.9 Å². The Morgan fingerprint density at radius 2 is 2.08 bits per heavy atom. The van der Waals surface area contributed by atoms with Crippen molar-refractivity contribution in [2.75, 3.05) is 13.7 Å². The molecule has 134 valence electrons. The van der Waals surface area contributed by atoms with Gasteiger partial charge >= 0.3 is 5.69 Å². The van der Waals surface area contributed by atoms with Crippen molar-refractivity contribution in [2.24, 2.45) is 0 Å². The second kappa shape index (κ2) is 6.12. The smallest absolute Gasteiger partial charge is 0.325 e. The maximum Gasteiger partial charge on any atom is 0.325 e. The van der Waals surface area contributed by atoms with Gasteiger partial charge in [-0.15, -0.1) is 0 Å². The molecule has 0 spiro atoms. The van der Waals surface area contributed by atoms with Crippen LogP contribution >= 0.6 is 0 Å². The predicted octanol–water partition coefficient (Wildman–Crippen LogP) is 2.68. The van der Waals surface area contributed by atoms with E-state index in [1.807, 2.05) is 6.92 Å². The zero-order valence-electron chi connectivity index (χ0n) is 14.5. The van der Waals surface area contributed by atoms with E-state index >= 15 is 0 Å². The number of hydrogen-bond acceptors (Lipinski definition) is 5. The van der Waals surface area contributed by atoms with E-state index in [-0.39, 0.29) is 23.5 Å². The minimum absolute atomic E-state index is 0.0247. The van der Waals surface area contributed by atoms with E-state index in [2.05, 4.69) is 0 Å². The fourth-order valence-corrected chi connectivity index (χ4v) is 3.42.